The van der Waals surface area contributed by atoms with Gasteiger partial charge in [0.1, 0.15) is 0 Å². The van der Waals surface area contributed by atoms with E-state index < -0.39 is 10.0 Å². The summed E-state index contributed by atoms with van der Waals surface area (Å²) in [5.74, 6) is 0.663. The van der Waals surface area contributed by atoms with Crippen LogP contribution < -0.4 is 5.73 Å². The zero-order valence-corrected chi connectivity index (χ0v) is 10.9. The van der Waals surface area contributed by atoms with Gasteiger partial charge >= 0.3 is 0 Å². The molecule has 0 spiro atoms. The average molecular weight is 258 g/mol. The summed E-state index contributed by atoms with van der Waals surface area (Å²) in [7, 11) is -1.85. The molecule has 7 heteroatoms. The molecule has 6 nitrogen and oxygen atoms in total. The van der Waals surface area contributed by atoms with Gasteiger partial charge in [0.2, 0.25) is 0 Å². The fraction of sp³-hybridized carbons (Fsp3) is 0.700. The van der Waals surface area contributed by atoms with Gasteiger partial charge < -0.3 is 10.3 Å². The Bertz CT molecular complexity index is 481. The number of nitrogen functional groups attached to an aromatic ring is 1. The van der Waals surface area contributed by atoms with E-state index in [1.54, 1.807) is 7.05 Å². The lowest BCUT2D eigenvalue weighted by Gasteiger charge is -2.29. The standard InChI is InChI=1S/C10H18N4O2S/c1-8-3-5-14(6-4-8)17(15,16)10-9(11)12-7-13(10)2/h7-8H,3-6,11H2,1-2H3. The number of nitrogens with two attached hydrogens (primary N) is 1. The molecule has 1 aromatic heterocycles. The first-order valence-electron chi connectivity index (χ1n) is 5.70. The molecule has 0 saturated carbocycles. The zero-order valence-electron chi connectivity index (χ0n) is 10.1. The van der Waals surface area contributed by atoms with Gasteiger partial charge in [0, 0.05) is 20.1 Å². The Hall–Kier alpha value is -1.08. The van der Waals surface area contributed by atoms with Crippen LogP contribution in [0.1, 0.15) is 19.8 Å². The monoisotopic (exact) mass is 258 g/mol. The second kappa shape index (κ2) is 4.30. The first-order chi connectivity index (χ1) is 7.93. The Morgan fingerprint density at radius 3 is 2.47 bits per heavy atom. The SMILES string of the molecule is CC1CCN(S(=O)(=O)c2c(N)ncn2C)CC1. The lowest BCUT2D eigenvalue weighted by Crippen LogP contribution is -2.38. The van der Waals surface area contributed by atoms with Crippen molar-refractivity contribution in [2.45, 2.75) is 24.8 Å². The molecule has 17 heavy (non-hydrogen) atoms. The van der Waals surface area contributed by atoms with Crippen LogP contribution in [0.25, 0.3) is 0 Å². The zero-order chi connectivity index (χ0) is 12.6. The molecule has 1 fully saturated rings. The van der Waals surface area contributed by atoms with E-state index in [4.69, 9.17) is 5.73 Å². The minimum Gasteiger partial charge on any atom is -0.381 e. The predicted molar refractivity (Wildman–Crippen MR) is 64.8 cm³/mol. The topological polar surface area (TPSA) is 81.2 Å². The van der Waals surface area contributed by atoms with Crippen LogP contribution in [0.15, 0.2) is 11.4 Å². The largest absolute Gasteiger partial charge is 0.381 e. The third-order valence-corrected chi connectivity index (χ3v) is 5.27. The van der Waals surface area contributed by atoms with Crippen LogP contribution in [0.4, 0.5) is 5.82 Å². The van der Waals surface area contributed by atoms with Gasteiger partial charge in [-0.2, -0.15) is 4.31 Å². The van der Waals surface area contributed by atoms with Crippen molar-refractivity contribution in [1.29, 1.82) is 0 Å². The Kier molecular flexibility index (Phi) is 3.13. The Balaban J connectivity index is 2.31. The predicted octanol–water partition coefficient (Wildman–Crippen LogP) is 0.423. The number of sulfonamides is 1. The van der Waals surface area contributed by atoms with Gasteiger partial charge in [0.25, 0.3) is 10.0 Å². The second-order valence-electron chi connectivity index (χ2n) is 4.63. The minimum absolute atomic E-state index is 0.0751. The third-order valence-electron chi connectivity index (χ3n) is 3.24. The average Bonchev–Trinajstić information content (AvgIpc) is 2.59. The van der Waals surface area contributed by atoms with E-state index in [1.165, 1.54) is 15.2 Å². The van der Waals surface area contributed by atoms with Gasteiger partial charge in [0.15, 0.2) is 10.8 Å². The number of rotatable bonds is 2. The van der Waals surface area contributed by atoms with Gasteiger partial charge in [-0.3, -0.25) is 0 Å². The fourth-order valence-corrected chi connectivity index (χ4v) is 3.76. The van der Waals surface area contributed by atoms with Crippen molar-refractivity contribution in [2.75, 3.05) is 18.8 Å². The van der Waals surface area contributed by atoms with Crippen molar-refractivity contribution in [2.24, 2.45) is 13.0 Å². The maximum atomic E-state index is 12.4. The van der Waals surface area contributed by atoms with Crippen LogP contribution >= 0.6 is 0 Å². The molecule has 1 saturated heterocycles. The molecule has 0 unspecified atom stereocenters. The molecule has 0 aliphatic carbocycles. The van der Waals surface area contributed by atoms with E-state index in [1.807, 2.05) is 0 Å². The number of aromatic nitrogens is 2. The fourth-order valence-electron chi connectivity index (χ4n) is 2.10. The number of hydrogen-bond acceptors (Lipinski definition) is 4. The third kappa shape index (κ3) is 2.16. The molecule has 1 aliphatic rings. The van der Waals surface area contributed by atoms with Crippen LogP contribution in [0.5, 0.6) is 0 Å². The number of piperidine rings is 1. The highest BCUT2D eigenvalue weighted by Gasteiger charge is 2.32. The lowest BCUT2D eigenvalue weighted by atomic mass is 10.0. The summed E-state index contributed by atoms with van der Waals surface area (Å²) in [6.07, 6.45) is 3.22. The molecule has 0 aromatic carbocycles. The van der Waals surface area contributed by atoms with Gasteiger partial charge in [-0.25, -0.2) is 13.4 Å². The van der Waals surface area contributed by atoms with Crippen molar-refractivity contribution in [1.82, 2.24) is 13.9 Å². The highest BCUT2D eigenvalue weighted by molar-refractivity contribution is 7.89. The van der Waals surface area contributed by atoms with Gasteiger partial charge in [-0.05, 0) is 18.8 Å². The van der Waals surface area contributed by atoms with Crippen LogP contribution in [0.2, 0.25) is 0 Å². The molecule has 0 amide bonds. The van der Waals surface area contributed by atoms with Crippen molar-refractivity contribution < 1.29 is 8.42 Å². The van der Waals surface area contributed by atoms with E-state index in [2.05, 4.69) is 11.9 Å². The molecule has 0 bridgehead atoms. The number of anilines is 1. The molecule has 1 aliphatic heterocycles. The number of imidazole rings is 1. The Labute approximate surface area is 101 Å². The summed E-state index contributed by atoms with van der Waals surface area (Å²) in [4.78, 5) is 3.83. The van der Waals surface area contributed by atoms with E-state index in [0.29, 0.717) is 19.0 Å². The van der Waals surface area contributed by atoms with Crippen molar-refractivity contribution in [3.05, 3.63) is 6.33 Å². The van der Waals surface area contributed by atoms with Gasteiger partial charge in [0.05, 0.1) is 6.33 Å². The summed E-state index contributed by atoms with van der Waals surface area (Å²) < 4.78 is 27.7. The number of hydrogen-bond donors (Lipinski definition) is 1. The number of nitrogens with zero attached hydrogens (tertiary/aromatic N) is 3. The van der Waals surface area contributed by atoms with Gasteiger partial charge in [-0.1, -0.05) is 6.92 Å². The molecule has 96 valence electrons. The Morgan fingerprint density at radius 2 is 2.00 bits per heavy atom. The molecule has 2 N–H and O–H groups in total. The second-order valence-corrected chi connectivity index (χ2v) is 6.49. The summed E-state index contributed by atoms with van der Waals surface area (Å²) in [6, 6.07) is 0. The highest BCUT2D eigenvalue weighted by Crippen LogP contribution is 2.25. The molecular formula is C10H18N4O2S. The van der Waals surface area contributed by atoms with E-state index in [0.717, 1.165) is 12.8 Å². The first-order valence-corrected chi connectivity index (χ1v) is 7.14. The molecule has 0 radical (unpaired) electrons. The Morgan fingerprint density at radius 1 is 1.41 bits per heavy atom. The highest BCUT2D eigenvalue weighted by atomic mass is 32.2. The van der Waals surface area contributed by atoms with Crippen molar-refractivity contribution in [3.63, 3.8) is 0 Å². The van der Waals surface area contributed by atoms with Crippen molar-refractivity contribution in [3.8, 4) is 0 Å². The van der Waals surface area contributed by atoms with E-state index >= 15 is 0 Å². The summed E-state index contributed by atoms with van der Waals surface area (Å²) in [5.41, 5.74) is 5.62. The molecule has 0 atom stereocenters. The molecular weight excluding hydrogens is 240 g/mol. The van der Waals surface area contributed by atoms with Crippen molar-refractivity contribution >= 4 is 15.8 Å². The van der Waals surface area contributed by atoms with Crippen LogP contribution in [-0.2, 0) is 17.1 Å². The van der Waals surface area contributed by atoms with Gasteiger partial charge in [-0.15, -0.1) is 0 Å². The normalized spacial score (nSPS) is 19.6. The van der Waals surface area contributed by atoms with Crippen LogP contribution in [-0.4, -0.2) is 35.4 Å². The summed E-state index contributed by atoms with van der Waals surface area (Å²) >= 11 is 0. The lowest BCUT2D eigenvalue weighted by molar-refractivity contribution is 0.287. The van der Waals surface area contributed by atoms with Crippen LogP contribution in [0, 0.1) is 5.92 Å². The van der Waals surface area contributed by atoms with E-state index in [-0.39, 0.29) is 10.8 Å². The quantitative estimate of drug-likeness (QED) is 0.833. The maximum absolute atomic E-state index is 12.4. The van der Waals surface area contributed by atoms with E-state index in [9.17, 15) is 8.42 Å². The first kappa shape index (κ1) is 12.4. The maximum Gasteiger partial charge on any atom is 0.262 e. The minimum atomic E-state index is -3.49. The van der Waals surface area contributed by atoms with Crippen LogP contribution in [0.3, 0.4) is 0 Å². The smallest absolute Gasteiger partial charge is 0.262 e. The summed E-state index contributed by atoms with van der Waals surface area (Å²) in [6.45, 7) is 3.27. The molecule has 2 rings (SSSR count). The molecule has 2 heterocycles. The number of aryl methyl sites for hydroxylation is 1. The summed E-state index contributed by atoms with van der Waals surface area (Å²) in [5, 5.41) is 0.104. The molecule has 1 aromatic rings.